The van der Waals surface area contributed by atoms with Crippen LogP contribution in [0.3, 0.4) is 0 Å². The highest BCUT2D eigenvalue weighted by atomic mass is 19.4. The number of carbonyl (C=O) groups is 2. The monoisotopic (exact) mass is 458 g/mol. The predicted octanol–water partition coefficient (Wildman–Crippen LogP) is 3.58. The van der Waals surface area contributed by atoms with Gasteiger partial charge in [-0.3, -0.25) is 9.59 Å². The molecule has 1 aromatic heterocycles. The Balaban J connectivity index is 1.45. The number of para-hydroxylation sites is 1. The SMILES string of the molecule is CC(=O)NC(Cc1c[nH]c2ccccc12)C(=O)N1CCN(c2cccc(C(F)(F)F)c2)CC1. The van der Waals surface area contributed by atoms with E-state index in [1.165, 1.54) is 13.0 Å². The summed E-state index contributed by atoms with van der Waals surface area (Å²) in [6.07, 6.45) is -2.21. The third kappa shape index (κ3) is 5.13. The van der Waals surface area contributed by atoms with Gasteiger partial charge in [-0.15, -0.1) is 0 Å². The standard InChI is InChI=1S/C24H25F3N4O2/c1-16(32)29-22(13-17-15-28-21-8-3-2-7-20(17)21)23(33)31-11-9-30(10-12-31)19-6-4-5-18(14-19)24(25,26)27/h2-8,14-15,22,28H,9-13H2,1H3,(H,29,32). The molecule has 0 spiro atoms. The maximum atomic E-state index is 13.3. The van der Waals surface area contributed by atoms with Crippen LogP contribution in [0.4, 0.5) is 18.9 Å². The van der Waals surface area contributed by atoms with Crippen LogP contribution in [0.25, 0.3) is 10.9 Å². The first-order valence-electron chi connectivity index (χ1n) is 10.8. The molecule has 0 bridgehead atoms. The minimum atomic E-state index is -4.40. The number of hydrogen-bond acceptors (Lipinski definition) is 3. The van der Waals surface area contributed by atoms with E-state index in [-0.39, 0.29) is 11.8 Å². The van der Waals surface area contributed by atoms with Gasteiger partial charge in [-0.1, -0.05) is 24.3 Å². The van der Waals surface area contributed by atoms with Crippen molar-refractivity contribution in [2.24, 2.45) is 0 Å². The molecule has 9 heteroatoms. The summed E-state index contributed by atoms with van der Waals surface area (Å²) in [6.45, 7) is 2.92. The number of carbonyl (C=O) groups excluding carboxylic acids is 2. The number of halogens is 3. The lowest BCUT2D eigenvalue weighted by Crippen LogP contribution is -2.55. The van der Waals surface area contributed by atoms with Crippen molar-refractivity contribution in [3.8, 4) is 0 Å². The summed E-state index contributed by atoms with van der Waals surface area (Å²) in [5, 5.41) is 3.76. The second-order valence-electron chi connectivity index (χ2n) is 8.18. The number of piperazine rings is 1. The Morgan fingerprint density at radius 1 is 1.06 bits per heavy atom. The fourth-order valence-corrected chi connectivity index (χ4v) is 4.25. The number of aromatic amines is 1. The molecule has 6 nitrogen and oxygen atoms in total. The maximum absolute atomic E-state index is 13.3. The second kappa shape index (κ2) is 9.17. The van der Waals surface area contributed by atoms with Crippen molar-refractivity contribution in [3.05, 3.63) is 65.9 Å². The number of hydrogen-bond donors (Lipinski definition) is 2. The van der Waals surface area contributed by atoms with Gasteiger partial charge in [-0.05, 0) is 29.8 Å². The van der Waals surface area contributed by atoms with Crippen LogP contribution in [0.1, 0.15) is 18.1 Å². The van der Waals surface area contributed by atoms with Crippen LogP contribution in [0.5, 0.6) is 0 Å². The van der Waals surface area contributed by atoms with Gasteiger partial charge in [0.25, 0.3) is 0 Å². The molecular weight excluding hydrogens is 433 g/mol. The summed E-state index contributed by atoms with van der Waals surface area (Å²) in [5.74, 6) is -0.491. The van der Waals surface area contributed by atoms with E-state index >= 15 is 0 Å². The van der Waals surface area contributed by atoms with Gasteiger partial charge in [0.2, 0.25) is 11.8 Å². The van der Waals surface area contributed by atoms with E-state index in [9.17, 15) is 22.8 Å². The lowest BCUT2D eigenvalue weighted by atomic mass is 10.0. The van der Waals surface area contributed by atoms with Crippen molar-refractivity contribution in [2.75, 3.05) is 31.1 Å². The topological polar surface area (TPSA) is 68.4 Å². The van der Waals surface area contributed by atoms with E-state index < -0.39 is 17.8 Å². The molecule has 174 valence electrons. The molecule has 1 aliphatic rings. The highest BCUT2D eigenvalue weighted by Gasteiger charge is 2.32. The van der Waals surface area contributed by atoms with Crippen molar-refractivity contribution in [3.63, 3.8) is 0 Å². The first-order chi connectivity index (χ1) is 15.7. The molecule has 1 aliphatic heterocycles. The molecule has 1 fully saturated rings. The average Bonchev–Trinajstić information content (AvgIpc) is 3.20. The number of aromatic nitrogens is 1. The largest absolute Gasteiger partial charge is 0.416 e. The summed E-state index contributed by atoms with van der Waals surface area (Å²) in [7, 11) is 0. The smallest absolute Gasteiger partial charge is 0.368 e. The lowest BCUT2D eigenvalue weighted by molar-refractivity contribution is -0.137. The molecule has 33 heavy (non-hydrogen) atoms. The molecule has 2 heterocycles. The number of nitrogens with one attached hydrogen (secondary N) is 2. The minimum absolute atomic E-state index is 0.195. The van der Waals surface area contributed by atoms with Crippen molar-refractivity contribution >= 4 is 28.4 Å². The van der Waals surface area contributed by atoms with Gasteiger partial charge < -0.3 is 20.1 Å². The van der Waals surface area contributed by atoms with E-state index in [2.05, 4.69) is 10.3 Å². The number of nitrogens with zero attached hydrogens (tertiary/aromatic N) is 2. The van der Waals surface area contributed by atoms with Crippen molar-refractivity contribution in [1.82, 2.24) is 15.2 Å². The van der Waals surface area contributed by atoms with Crippen molar-refractivity contribution in [1.29, 1.82) is 0 Å². The van der Waals surface area contributed by atoms with Crippen molar-refractivity contribution < 1.29 is 22.8 Å². The fourth-order valence-electron chi connectivity index (χ4n) is 4.25. The Labute approximate surface area is 189 Å². The summed E-state index contributed by atoms with van der Waals surface area (Å²) in [6, 6.07) is 12.2. The second-order valence-corrected chi connectivity index (χ2v) is 8.18. The molecule has 0 aliphatic carbocycles. The van der Waals surface area contributed by atoms with E-state index in [1.807, 2.05) is 35.4 Å². The molecule has 2 amide bonds. The number of alkyl halides is 3. The Kier molecular flexibility index (Phi) is 6.31. The van der Waals surface area contributed by atoms with Crippen LogP contribution in [0, 0.1) is 0 Å². The molecule has 1 saturated heterocycles. The average molecular weight is 458 g/mol. The van der Waals surface area contributed by atoms with Gasteiger partial charge in [-0.25, -0.2) is 0 Å². The molecule has 4 rings (SSSR count). The summed E-state index contributed by atoms with van der Waals surface area (Å²) in [4.78, 5) is 31.7. The molecule has 0 radical (unpaired) electrons. The Bertz CT molecular complexity index is 1150. The van der Waals surface area contributed by atoms with E-state index in [4.69, 9.17) is 0 Å². The Hall–Kier alpha value is -3.49. The quantitative estimate of drug-likeness (QED) is 0.614. The van der Waals surface area contributed by atoms with Crippen molar-refractivity contribution in [2.45, 2.75) is 25.6 Å². The molecule has 2 N–H and O–H groups in total. The zero-order valence-electron chi connectivity index (χ0n) is 18.2. The normalized spacial score (nSPS) is 15.5. The number of benzene rings is 2. The first kappa shape index (κ1) is 22.7. The van der Waals surface area contributed by atoms with Crippen LogP contribution < -0.4 is 10.2 Å². The highest BCUT2D eigenvalue weighted by molar-refractivity contribution is 5.89. The van der Waals surface area contributed by atoms with Crippen LogP contribution in [-0.2, 0) is 22.2 Å². The highest BCUT2D eigenvalue weighted by Crippen LogP contribution is 2.32. The molecule has 0 saturated carbocycles. The third-order valence-electron chi connectivity index (χ3n) is 5.90. The number of fused-ring (bicyclic) bond motifs is 1. The van der Waals surface area contributed by atoms with Gasteiger partial charge >= 0.3 is 6.18 Å². The molecule has 3 aromatic rings. The molecular formula is C24H25F3N4O2. The number of rotatable bonds is 5. The van der Waals surface area contributed by atoms with Gasteiger partial charge in [0.05, 0.1) is 5.56 Å². The maximum Gasteiger partial charge on any atom is 0.416 e. The van der Waals surface area contributed by atoms with Crippen LogP contribution >= 0.6 is 0 Å². The van der Waals surface area contributed by atoms with Crippen LogP contribution in [-0.4, -0.2) is 53.9 Å². The lowest BCUT2D eigenvalue weighted by Gasteiger charge is -2.37. The zero-order chi connectivity index (χ0) is 23.6. The minimum Gasteiger partial charge on any atom is -0.368 e. The summed E-state index contributed by atoms with van der Waals surface area (Å²) >= 11 is 0. The Morgan fingerprint density at radius 3 is 2.48 bits per heavy atom. The summed E-state index contributed by atoms with van der Waals surface area (Å²) in [5.41, 5.74) is 1.67. The zero-order valence-corrected chi connectivity index (χ0v) is 18.2. The van der Waals surface area contributed by atoms with Crippen LogP contribution in [0.15, 0.2) is 54.7 Å². The van der Waals surface area contributed by atoms with Gasteiger partial charge in [0, 0.05) is 62.3 Å². The third-order valence-corrected chi connectivity index (χ3v) is 5.90. The fraction of sp³-hybridized carbons (Fsp3) is 0.333. The number of H-pyrrole nitrogens is 1. The van der Waals surface area contributed by atoms with Crippen LogP contribution in [0.2, 0.25) is 0 Å². The number of amides is 2. The molecule has 1 unspecified atom stereocenters. The van der Waals surface area contributed by atoms with E-state index in [0.29, 0.717) is 38.3 Å². The van der Waals surface area contributed by atoms with E-state index in [0.717, 1.165) is 28.6 Å². The van der Waals surface area contributed by atoms with Gasteiger partial charge in [0.15, 0.2) is 0 Å². The molecule has 2 aromatic carbocycles. The number of anilines is 1. The Morgan fingerprint density at radius 2 is 1.79 bits per heavy atom. The predicted molar refractivity (Wildman–Crippen MR) is 120 cm³/mol. The van der Waals surface area contributed by atoms with Gasteiger partial charge in [-0.2, -0.15) is 13.2 Å². The first-order valence-corrected chi connectivity index (χ1v) is 10.8. The van der Waals surface area contributed by atoms with E-state index in [1.54, 1.807) is 11.0 Å². The molecule has 1 atom stereocenters. The van der Waals surface area contributed by atoms with Gasteiger partial charge in [0.1, 0.15) is 6.04 Å². The summed E-state index contributed by atoms with van der Waals surface area (Å²) < 4.78 is 39.1.